The first-order valence-electron chi connectivity index (χ1n) is 7.80. The van der Waals surface area contributed by atoms with Crippen molar-refractivity contribution in [1.29, 1.82) is 0 Å². The van der Waals surface area contributed by atoms with Gasteiger partial charge in [-0.3, -0.25) is 10.1 Å². The minimum Gasteiger partial charge on any atom is -0.329 e. The Morgan fingerprint density at radius 1 is 1.54 bits per heavy atom. The molecule has 7 nitrogen and oxygen atoms in total. The molecule has 1 atom stereocenters. The second kappa shape index (κ2) is 6.96. The Labute approximate surface area is 143 Å². The van der Waals surface area contributed by atoms with Gasteiger partial charge >= 0.3 is 6.03 Å². The van der Waals surface area contributed by atoms with Crippen molar-refractivity contribution in [3.63, 3.8) is 0 Å². The largest absolute Gasteiger partial charge is 0.329 e. The molecule has 8 heteroatoms. The van der Waals surface area contributed by atoms with Crippen LogP contribution in [0.4, 0.5) is 10.5 Å². The van der Waals surface area contributed by atoms with Gasteiger partial charge in [0.1, 0.15) is 5.01 Å². The SMILES string of the molecule is CCC(NC(=O)N1CCc2c(cccc2[N+](=O)[O-])C1)c1nccs1. The second-order valence-corrected chi connectivity index (χ2v) is 6.55. The molecule has 0 saturated carbocycles. The van der Waals surface area contributed by atoms with Crippen molar-refractivity contribution in [3.8, 4) is 0 Å². The lowest BCUT2D eigenvalue weighted by Gasteiger charge is -2.30. The van der Waals surface area contributed by atoms with Gasteiger partial charge in [0.2, 0.25) is 0 Å². The number of rotatable bonds is 4. The average molecular weight is 346 g/mol. The number of nitrogens with one attached hydrogen (secondary N) is 1. The lowest BCUT2D eigenvalue weighted by molar-refractivity contribution is -0.385. The number of benzene rings is 1. The van der Waals surface area contributed by atoms with Crippen LogP contribution in [0.15, 0.2) is 29.8 Å². The lowest BCUT2D eigenvalue weighted by atomic mass is 9.98. The van der Waals surface area contributed by atoms with Crippen molar-refractivity contribution in [3.05, 3.63) is 56.0 Å². The van der Waals surface area contributed by atoms with E-state index in [0.717, 1.165) is 22.6 Å². The van der Waals surface area contributed by atoms with Crippen LogP contribution in [0.25, 0.3) is 0 Å². The number of aromatic nitrogens is 1. The zero-order valence-corrected chi connectivity index (χ0v) is 14.1. The normalized spacial score (nSPS) is 14.8. The van der Waals surface area contributed by atoms with Crippen LogP contribution >= 0.6 is 11.3 Å². The van der Waals surface area contributed by atoms with Crippen LogP contribution in [0.3, 0.4) is 0 Å². The van der Waals surface area contributed by atoms with Crippen LogP contribution in [-0.4, -0.2) is 27.4 Å². The lowest BCUT2D eigenvalue weighted by Crippen LogP contribution is -2.44. The number of amides is 2. The van der Waals surface area contributed by atoms with E-state index in [1.807, 2.05) is 18.4 Å². The molecule has 0 fully saturated rings. The molecule has 126 valence electrons. The number of nitrogens with zero attached hydrogens (tertiary/aromatic N) is 3. The van der Waals surface area contributed by atoms with E-state index in [0.29, 0.717) is 19.5 Å². The number of thiazole rings is 1. The summed E-state index contributed by atoms with van der Waals surface area (Å²) in [5.74, 6) is 0. The standard InChI is InChI=1S/C16H18N4O3S/c1-2-13(15-17-7-9-24-15)18-16(21)19-8-6-12-11(10-19)4-3-5-14(12)20(22)23/h3-5,7,9,13H,2,6,8,10H2,1H3,(H,18,21). The fourth-order valence-corrected chi connectivity index (χ4v) is 3.69. The minimum absolute atomic E-state index is 0.107. The maximum atomic E-state index is 12.5. The number of fused-ring (bicyclic) bond motifs is 1. The van der Waals surface area contributed by atoms with Crippen LogP contribution < -0.4 is 5.32 Å². The summed E-state index contributed by atoms with van der Waals surface area (Å²) in [6, 6.07) is 4.77. The van der Waals surface area contributed by atoms with Gasteiger partial charge in [0.25, 0.3) is 5.69 Å². The summed E-state index contributed by atoms with van der Waals surface area (Å²) in [5.41, 5.74) is 1.72. The molecule has 0 aliphatic carbocycles. The quantitative estimate of drug-likeness (QED) is 0.680. The minimum atomic E-state index is -0.357. The molecule has 2 aromatic rings. The molecule has 0 saturated heterocycles. The maximum Gasteiger partial charge on any atom is 0.318 e. The predicted octanol–water partition coefficient (Wildman–Crippen LogP) is 3.27. The molecule has 1 aromatic heterocycles. The Balaban J connectivity index is 1.72. The summed E-state index contributed by atoms with van der Waals surface area (Å²) >= 11 is 1.52. The molecule has 1 aromatic carbocycles. The fourth-order valence-electron chi connectivity index (χ4n) is 2.92. The van der Waals surface area contributed by atoms with E-state index < -0.39 is 0 Å². The van der Waals surface area contributed by atoms with E-state index in [9.17, 15) is 14.9 Å². The Hall–Kier alpha value is -2.48. The maximum absolute atomic E-state index is 12.5. The Morgan fingerprint density at radius 2 is 2.38 bits per heavy atom. The van der Waals surface area contributed by atoms with Crippen molar-refractivity contribution in [2.24, 2.45) is 0 Å². The topological polar surface area (TPSA) is 88.4 Å². The van der Waals surface area contributed by atoms with Crippen molar-refractivity contribution in [2.75, 3.05) is 6.54 Å². The number of hydrogen-bond acceptors (Lipinski definition) is 5. The highest BCUT2D eigenvalue weighted by Crippen LogP contribution is 2.28. The summed E-state index contributed by atoms with van der Waals surface area (Å²) in [6.07, 6.45) is 2.98. The van der Waals surface area contributed by atoms with Crippen molar-refractivity contribution < 1.29 is 9.72 Å². The Kier molecular flexibility index (Phi) is 4.75. The third-order valence-corrected chi connectivity index (χ3v) is 5.07. The summed E-state index contributed by atoms with van der Waals surface area (Å²) < 4.78 is 0. The third kappa shape index (κ3) is 3.23. The number of urea groups is 1. The van der Waals surface area contributed by atoms with Crippen molar-refractivity contribution in [2.45, 2.75) is 32.4 Å². The molecule has 2 amide bonds. The van der Waals surface area contributed by atoms with E-state index in [2.05, 4.69) is 10.3 Å². The zero-order valence-electron chi connectivity index (χ0n) is 13.3. The highest BCUT2D eigenvalue weighted by Gasteiger charge is 2.27. The van der Waals surface area contributed by atoms with Gasteiger partial charge in [0, 0.05) is 36.3 Å². The third-order valence-electron chi connectivity index (χ3n) is 4.18. The number of hydrogen-bond donors (Lipinski definition) is 1. The summed E-state index contributed by atoms with van der Waals surface area (Å²) in [7, 11) is 0. The van der Waals surface area contributed by atoms with Gasteiger partial charge in [-0.2, -0.15) is 0 Å². The van der Waals surface area contributed by atoms with Crippen LogP contribution in [0, 0.1) is 10.1 Å². The predicted molar refractivity (Wildman–Crippen MR) is 90.9 cm³/mol. The van der Waals surface area contributed by atoms with E-state index >= 15 is 0 Å². The highest BCUT2D eigenvalue weighted by atomic mass is 32.1. The fraction of sp³-hybridized carbons (Fsp3) is 0.375. The molecule has 24 heavy (non-hydrogen) atoms. The van der Waals surface area contributed by atoms with Crippen LogP contribution in [-0.2, 0) is 13.0 Å². The molecule has 1 aliphatic heterocycles. The Morgan fingerprint density at radius 3 is 3.04 bits per heavy atom. The monoisotopic (exact) mass is 346 g/mol. The first-order chi connectivity index (χ1) is 11.6. The van der Waals surface area contributed by atoms with Gasteiger partial charge in [-0.15, -0.1) is 11.3 Å². The molecule has 1 N–H and O–H groups in total. The summed E-state index contributed by atoms with van der Waals surface area (Å²) in [4.78, 5) is 29.3. The van der Waals surface area contributed by atoms with E-state index in [1.54, 1.807) is 17.2 Å². The van der Waals surface area contributed by atoms with Gasteiger partial charge in [0.15, 0.2) is 0 Å². The van der Waals surface area contributed by atoms with Gasteiger partial charge in [-0.1, -0.05) is 19.1 Å². The molecule has 2 heterocycles. The number of carbonyl (C=O) groups excluding carboxylic acids is 1. The summed E-state index contributed by atoms with van der Waals surface area (Å²) in [6.45, 7) is 2.86. The van der Waals surface area contributed by atoms with Crippen LogP contribution in [0.5, 0.6) is 0 Å². The number of nitro groups is 1. The van der Waals surface area contributed by atoms with Gasteiger partial charge in [0.05, 0.1) is 11.0 Å². The Bertz CT molecular complexity index is 748. The van der Waals surface area contributed by atoms with Gasteiger partial charge < -0.3 is 10.2 Å². The molecule has 1 unspecified atom stereocenters. The number of nitro benzene ring substituents is 1. The molecule has 0 radical (unpaired) electrons. The van der Waals surface area contributed by atoms with E-state index in [-0.39, 0.29) is 22.7 Å². The molecular weight excluding hydrogens is 328 g/mol. The highest BCUT2D eigenvalue weighted by molar-refractivity contribution is 7.09. The molecule has 1 aliphatic rings. The molecule has 3 rings (SSSR count). The van der Waals surface area contributed by atoms with Crippen LogP contribution in [0.2, 0.25) is 0 Å². The van der Waals surface area contributed by atoms with Crippen molar-refractivity contribution >= 4 is 23.1 Å². The van der Waals surface area contributed by atoms with E-state index in [4.69, 9.17) is 0 Å². The second-order valence-electron chi connectivity index (χ2n) is 5.62. The van der Waals surface area contributed by atoms with Gasteiger partial charge in [-0.25, -0.2) is 9.78 Å². The number of carbonyl (C=O) groups is 1. The smallest absolute Gasteiger partial charge is 0.318 e. The molecule has 0 spiro atoms. The molecular formula is C16H18N4O3S. The first-order valence-corrected chi connectivity index (χ1v) is 8.68. The van der Waals surface area contributed by atoms with Crippen molar-refractivity contribution in [1.82, 2.24) is 15.2 Å². The van der Waals surface area contributed by atoms with Crippen LogP contribution in [0.1, 0.15) is 35.5 Å². The average Bonchev–Trinajstić information content (AvgIpc) is 3.12. The summed E-state index contributed by atoms with van der Waals surface area (Å²) in [5, 5.41) is 16.9. The van der Waals surface area contributed by atoms with E-state index in [1.165, 1.54) is 17.4 Å². The molecule has 0 bridgehead atoms. The van der Waals surface area contributed by atoms with Gasteiger partial charge in [-0.05, 0) is 18.4 Å². The zero-order chi connectivity index (χ0) is 17.1. The first kappa shape index (κ1) is 16.4.